The van der Waals surface area contributed by atoms with Crippen LogP contribution in [0.15, 0.2) is 18.2 Å². The summed E-state index contributed by atoms with van der Waals surface area (Å²) in [7, 11) is 0. The molecule has 1 rings (SSSR count). The molecule has 0 heterocycles. The van der Waals surface area contributed by atoms with Crippen LogP contribution in [-0.2, 0) is 6.42 Å². The molecule has 0 aliphatic carbocycles. The predicted molar refractivity (Wildman–Crippen MR) is 93.1 cm³/mol. The molecule has 0 aromatic heterocycles. The van der Waals surface area contributed by atoms with Crippen molar-refractivity contribution in [1.82, 2.24) is 0 Å². The molecule has 0 unspecified atom stereocenters. The van der Waals surface area contributed by atoms with Gasteiger partial charge >= 0.3 is 0 Å². The normalized spacial score (nSPS) is 11.5. The number of benzene rings is 1. The van der Waals surface area contributed by atoms with Crippen LogP contribution in [0, 0.1) is 17.8 Å². The molecular weight excluding hydrogens is 292 g/mol. The van der Waals surface area contributed by atoms with Crippen molar-refractivity contribution in [2.45, 2.75) is 40.5 Å². The largest absolute Gasteiger partial charge is 0.489 e. The third-order valence-corrected chi connectivity index (χ3v) is 3.51. The summed E-state index contributed by atoms with van der Waals surface area (Å²) in [6, 6.07) is 6.01. The molecule has 0 radical (unpaired) electrons. The molecule has 0 bridgehead atoms. The number of hydrogen-bond donors (Lipinski definition) is 2. The van der Waals surface area contributed by atoms with Crippen molar-refractivity contribution in [2.24, 2.45) is 17.8 Å². The maximum atomic E-state index is 9.17. The fraction of sp³-hybridized carbons (Fsp3) is 0.684. The highest BCUT2D eigenvalue weighted by Gasteiger charge is 2.11. The summed E-state index contributed by atoms with van der Waals surface area (Å²) in [5.41, 5.74) is 1.13. The molecule has 1 aromatic carbocycles. The van der Waals surface area contributed by atoms with Crippen molar-refractivity contribution in [3.8, 4) is 11.5 Å². The van der Waals surface area contributed by atoms with E-state index in [0.29, 0.717) is 25.0 Å². The third kappa shape index (κ3) is 7.71. The van der Waals surface area contributed by atoms with E-state index in [1.54, 1.807) is 0 Å². The molecule has 2 N–H and O–H groups in total. The Morgan fingerprint density at radius 3 is 1.96 bits per heavy atom. The van der Waals surface area contributed by atoms with E-state index in [2.05, 4.69) is 27.7 Å². The number of ether oxygens (including phenoxy) is 2. The maximum absolute atomic E-state index is 9.17. The summed E-state index contributed by atoms with van der Waals surface area (Å²) < 4.78 is 11.8. The van der Waals surface area contributed by atoms with E-state index in [1.807, 2.05) is 18.2 Å². The van der Waals surface area contributed by atoms with Gasteiger partial charge < -0.3 is 19.7 Å². The van der Waals surface area contributed by atoms with Gasteiger partial charge in [0.25, 0.3) is 0 Å². The number of hydrogen-bond acceptors (Lipinski definition) is 4. The standard InChI is InChI=1S/C19H32O4/c1-14(2)12-22-18-8-7-16(5-6-17(10-20)11-21)9-19(18)23-13-15(3)4/h7-9,14-15,17,20-21H,5-6,10-13H2,1-4H3. The Morgan fingerprint density at radius 2 is 1.43 bits per heavy atom. The van der Waals surface area contributed by atoms with Crippen molar-refractivity contribution in [3.63, 3.8) is 0 Å². The second-order valence-electron chi connectivity index (χ2n) is 6.96. The van der Waals surface area contributed by atoms with Gasteiger partial charge in [0.1, 0.15) is 0 Å². The summed E-state index contributed by atoms with van der Waals surface area (Å²) in [5.74, 6) is 2.41. The fourth-order valence-corrected chi connectivity index (χ4v) is 2.06. The Kier molecular flexibility index (Phi) is 9.03. The summed E-state index contributed by atoms with van der Waals surface area (Å²) in [4.78, 5) is 0. The average molecular weight is 324 g/mol. The molecule has 0 aliphatic rings. The maximum Gasteiger partial charge on any atom is 0.161 e. The zero-order valence-corrected chi connectivity index (χ0v) is 14.9. The van der Waals surface area contributed by atoms with Crippen LogP contribution >= 0.6 is 0 Å². The van der Waals surface area contributed by atoms with E-state index >= 15 is 0 Å². The molecule has 4 nitrogen and oxygen atoms in total. The smallest absolute Gasteiger partial charge is 0.161 e. The van der Waals surface area contributed by atoms with Gasteiger partial charge in [-0.1, -0.05) is 33.8 Å². The molecule has 0 saturated heterocycles. The van der Waals surface area contributed by atoms with E-state index in [0.717, 1.165) is 29.9 Å². The number of aliphatic hydroxyl groups excluding tert-OH is 2. The van der Waals surface area contributed by atoms with Crippen LogP contribution in [0.1, 0.15) is 39.7 Å². The molecule has 0 amide bonds. The minimum Gasteiger partial charge on any atom is -0.489 e. The van der Waals surface area contributed by atoms with Crippen LogP contribution in [-0.4, -0.2) is 36.6 Å². The van der Waals surface area contributed by atoms with Gasteiger partial charge in [0.15, 0.2) is 11.5 Å². The second kappa shape index (κ2) is 10.5. The van der Waals surface area contributed by atoms with Gasteiger partial charge in [0, 0.05) is 19.1 Å². The van der Waals surface area contributed by atoms with Crippen LogP contribution in [0.5, 0.6) is 11.5 Å². The van der Waals surface area contributed by atoms with Crippen molar-refractivity contribution in [2.75, 3.05) is 26.4 Å². The van der Waals surface area contributed by atoms with E-state index in [1.165, 1.54) is 0 Å². The lowest BCUT2D eigenvalue weighted by molar-refractivity contribution is 0.144. The van der Waals surface area contributed by atoms with Gasteiger partial charge in [-0.05, 0) is 42.4 Å². The number of aliphatic hydroxyl groups is 2. The van der Waals surface area contributed by atoms with Crippen LogP contribution in [0.2, 0.25) is 0 Å². The van der Waals surface area contributed by atoms with Crippen molar-refractivity contribution in [3.05, 3.63) is 23.8 Å². The average Bonchev–Trinajstić information content (AvgIpc) is 2.52. The first-order chi connectivity index (χ1) is 11.0. The molecule has 1 aromatic rings. The Bertz CT molecular complexity index is 439. The van der Waals surface area contributed by atoms with Gasteiger partial charge in [-0.25, -0.2) is 0 Å². The summed E-state index contributed by atoms with van der Waals surface area (Å²) in [5, 5.41) is 18.3. The van der Waals surface area contributed by atoms with Crippen LogP contribution in [0.4, 0.5) is 0 Å². The van der Waals surface area contributed by atoms with E-state index in [4.69, 9.17) is 19.7 Å². The molecule has 4 heteroatoms. The van der Waals surface area contributed by atoms with Crippen molar-refractivity contribution >= 4 is 0 Å². The van der Waals surface area contributed by atoms with Gasteiger partial charge in [0.05, 0.1) is 13.2 Å². The van der Waals surface area contributed by atoms with Crippen LogP contribution in [0.3, 0.4) is 0 Å². The molecule has 132 valence electrons. The highest BCUT2D eigenvalue weighted by atomic mass is 16.5. The molecule has 0 spiro atoms. The molecule has 23 heavy (non-hydrogen) atoms. The Balaban J connectivity index is 2.78. The van der Waals surface area contributed by atoms with E-state index < -0.39 is 0 Å². The topological polar surface area (TPSA) is 58.9 Å². The summed E-state index contributed by atoms with van der Waals surface area (Å²) in [6.45, 7) is 9.81. The minimum absolute atomic E-state index is 0.0167. The van der Waals surface area contributed by atoms with E-state index in [9.17, 15) is 0 Å². The Morgan fingerprint density at radius 1 is 0.870 bits per heavy atom. The lowest BCUT2D eigenvalue weighted by Gasteiger charge is -2.17. The zero-order chi connectivity index (χ0) is 17.2. The molecular formula is C19H32O4. The summed E-state index contributed by atoms with van der Waals surface area (Å²) in [6.07, 6.45) is 1.55. The highest BCUT2D eigenvalue weighted by Crippen LogP contribution is 2.30. The fourth-order valence-electron chi connectivity index (χ4n) is 2.06. The quantitative estimate of drug-likeness (QED) is 0.656. The van der Waals surface area contributed by atoms with Gasteiger partial charge in [-0.2, -0.15) is 0 Å². The van der Waals surface area contributed by atoms with Gasteiger partial charge in [-0.3, -0.25) is 0 Å². The highest BCUT2D eigenvalue weighted by molar-refractivity contribution is 5.43. The van der Waals surface area contributed by atoms with E-state index in [-0.39, 0.29) is 19.1 Å². The van der Waals surface area contributed by atoms with Crippen LogP contribution in [0.25, 0.3) is 0 Å². The minimum atomic E-state index is -0.0631. The molecule has 0 fully saturated rings. The first-order valence-electron chi connectivity index (χ1n) is 8.56. The van der Waals surface area contributed by atoms with Gasteiger partial charge in [-0.15, -0.1) is 0 Å². The van der Waals surface area contributed by atoms with Crippen LogP contribution < -0.4 is 9.47 Å². The predicted octanol–water partition coefficient (Wildman–Crippen LogP) is 3.29. The van der Waals surface area contributed by atoms with Crippen molar-refractivity contribution in [1.29, 1.82) is 0 Å². The summed E-state index contributed by atoms with van der Waals surface area (Å²) >= 11 is 0. The number of rotatable bonds is 11. The number of aryl methyl sites for hydroxylation is 1. The SMILES string of the molecule is CC(C)COc1ccc(CCC(CO)CO)cc1OCC(C)C. The zero-order valence-electron chi connectivity index (χ0n) is 14.9. The monoisotopic (exact) mass is 324 g/mol. The molecule has 0 aliphatic heterocycles. The third-order valence-electron chi connectivity index (χ3n) is 3.51. The molecule has 0 saturated carbocycles. The van der Waals surface area contributed by atoms with Gasteiger partial charge in [0.2, 0.25) is 0 Å². The Labute approximate surface area is 140 Å². The second-order valence-corrected chi connectivity index (χ2v) is 6.96. The van der Waals surface area contributed by atoms with Crippen molar-refractivity contribution < 1.29 is 19.7 Å². The Hall–Kier alpha value is -1.26. The molecule has 0 atom stereocenters. The lowest BCUT2D eigenvalue weighted by Crippen LogP contribution is -2.12. The first kappa shape index (κ1) is 19.8. The lowest BCUT2D eigenvalue weighted by atomic mass is 10.0. The first-order valence-corrected chi connectivity index (χ1v) is 8.56.